The molecule has 0 spiro atoms. The third kappa shape index (κ3) is 2.82. The van der Waals surface area contributed by atoms with Gasteiger partial charge in [-0.25, -0.2) is 0 Å². The summed E-state index contributed by atoms with van der Waals surface area (Å²) in [4.78, 5) is 21.6. The Hall–Kier alpha value is -1.98. The second-order valence-electron chi connectivity index (χ2n) is 6.38. The maximum absolute atomic E-state index is 12.7. The number of aryl methyl sites for hydroxylation is 1. The van der Waals surface area contributed by atoms with E-state index < -0.39 is 0 Å². The van der Waals surface area contributed by atoms with E-state index in [0.717, 1.165) is 61.6 Å². The monoisotopic (exact) mass is 311 g/mol. The molecule has 5 heteroatoms. The largest absolute Gasteiger partial charge is 0.378 e. The van der Waals surface area contributed by atoms with Crippen molar-refractivity contribution in [3.63, 3.8) is 0 Å². The lowest BCUT2D eigenvalue weighted by Gasteiger charge is -2.42. The van der Waals surface area contributed by atoms with Gasteiger partial charge in [-0.05, 0) is 31.2 Å². The lowest BCUT2D eigenvalue weighted by molar-refractivity contribution is -0.0746. The predicted molar refractivity (Wildman–Crippen MR) is 88.6 cm³/mol. The van der Waals surface area contributed by atoms with E-state index >= 15 is 0 Å². The summed E-state index contributed by atoms with van der Waals surface area (Å²) < 4.78 is 5.25. The Morgan fingerprint density at radius 1 is 1.13 bits per heavy atom. The van der Waals surface area contributed by atoms with Crippen LogP contribution in [0.3, 0.4) is 0 Å². The van der Waals surface area contributed by atoms with Crippen molar-refractivity contribution < 1.29 is 9.53 Å². The fraction of sp³-hybridized carbons (Fsp3) is 0.444. The second kappa shape index (κ2) is 5.91. The van der Waals surface area contributed by atoms with Gasteiger partial charge in [-0.3, -0.25) is 14.7 Å². The molecule has 2 aliphatic heterocycles. The standard InChI is InChI=1S/C18H21N3O2/c1-13-2-3-14-10-15(4-5-17(14)19-13)18(22)21-8-6-20(7-9-21)16-11-23-12-16/h2-5,10,16H,6-9,11-12H2,1H3. The summed E-state index contributed by atoms with van der Waals surface area (Å²) >= 11 is 0. The number of aromatic nitrogens is 1. The normalized spacial score (nSPS) is 19.8. The van der Waals surface area contributed by atoms with Gasteiger partial charge in [0.05, 0.1) is 24.8 Å². The van der Waals surface area contributed by atoms with Gasteiger partial charge < -0.3 is 9.64 Å². The van der Waals surface area contributed by atoms with Crippen LogP contribution >= 0.6 is 0 Å². The smallest absolute Gasteiger partial charge is 0.253 e. The second-order valence-corrected chi connectivity index (χ2v) is 6.38. The van der Waals surface area contributed by atoms with Gasteiger partial charge in [0.2, 0.25) is 0 Å². The van der Waals surface area contributed by atoms with Gasteiger partial charge in [-0.2, -0.15) is 0 Å². The summed E-state index contributed by atoms with van der Waals surface area (Å²) in [5.41, 5.74) is 2.69. The molecule has 4 rings (SSSR count). The Kier molecular flexibility index (Phi) is 3.75. The third-order valence-electron chi connectivity index (χ3n) is 4.81. The number of hydrogen-bond donors (Lipinski definition) is 0. The van der Waals surface area contributed by atoms with E-state index in [1.54, 1.807) is 0 Å². The predicted octanol–water partition coefficient (Wildman–Crippen LogP) is 1.70. The third-order valence-corrected chi connectivity index (χ3v) is 4.81. The topological polar surface area (TPSA) is 45.7 Å². The van der Waals surface area contributed by atoms with Crippen LogP contribution in [0.4, 0.5) is 0 Å². The van der Waals surface area contributed by atoms with Gasteiger partial charge in [-0.1, -0.05) is 6.07 Å². The van der Waals surface area contributed by atoms with E-state index in [9.17, 15) is 4.79 Å². The van der Waals surface area contributed by atoms with Crippen LogP contribution in [-0.4, -0.2) is 66.1 Å². The zero-order valence-corrected chi connectivity index (χ0v) is 13.4. The van der Waals surface area contributed by atoms with Crippen LogP contribution in [0, 0.1) is 6.92 Å². The number of ether oxygens (including phenoxy) is 1. The minimum absolute atomic E-state index is 0.122. The molecule has 0 radical (unpaired) electrons. The summed E-state index contributed by atoms with van der Waals surface area (Å²) in [5.74, 6) is 0.122. The maximum Gasteiger partial charge on any atom is 0.253 e. The average molecular weight is 311 g/mol. The van der Waals surface area contributed by atoms with Crippen molar-refractivity contribution in [2.24, 2.45) is 0 Å². The van der Waals surface area contributed by atoms with E-state index in [4.69, 9.17) is 4.74 Å². The average Bonchev–Trinajstić information content (AvgIpc) is 2.53. The molecule has 5 nitrogen and oxygen atoms in total. The number of pyridine rings is 1. The van der Waals surface area contributed by atoms with Crippen LogP contribution in [0.1, 0.15) is 16.1 Å². The number of fused-ring (bicyclic) bond motifs is 1. The highest BCUT2D eigenvalue weighted by Gasteiger charge is 2.30. The van der Waals surface area contributed by atoms with Crippen molar-refractivity contribution >= 4 is 16.8 Å². The first kappa shape index (κ1) is 14.6. The molecule has 120 valence electrons. The van der Waals surface area contributed by atoms with Crippen molar-refractivity contribution in [2.45, 2.75) is 13.0 Å². The van der Waals surface area contributed by atoms with E-state index in [1.807, 2.05) is 42.2 Å². The molecule has 2 aromatic rings. The Labute approximate surface area is 135 Å². The molecule has 0 atom stereocenters. The van der Waals surface area contributed by atoms with Gasteiger partial charge >= 0.3 is 0 Å². The fourth-order valence-electron chi connectivity index (χ4n) is 3.27. The number of nitrogens with zero attached hydrogens (tertiary/aromatic N) is 3. The molecular formula is C18H21N3O2. The molecule has 2 fully saturated rings. The molecule has 2 aliphatic rings. The minimum Gasteiger partial charge on any atom is -0.378 e. The van der Waals surface area contributed by atoms with Crippen LogP contribution in [-0.2, 0) is 4.74 Å². The van der Waals surface area contributed by atoms with Gasteiger partial charge in [0.15, 0.2) is 0 Å². The number of carbonyl (C=O) groups is 1. The summed E-state index contributed by atoms with van der Waals surface area (Å²) in [6.45, 7) is 7.11. The Morgan fingerprint density at radius 2 is 1.91 bits per heavy atom. The van der Waals surface area contributed by atoms with Gasteiger partial charge in [0.25, 0.3) is 5.91 Å². The Balaban J connectivity index is 1.47. The molecule has 1 aromatic heterocycles. The van der Waals surface area contributed by atoms with E-state index in [2.05, 4.69) is 9.88 Å². The molecule has 3 heterocycles. The van der Waals surface area contributed by atoms with Crippen LogP contribution in [0.5, 0.6) is 0 Å². The molecule has 1 amide bonds. The summed E-state index contributed by atoms with van der Waals surface area (Å²) in [6, 6.07) is 10.4. The Morgan fingerprint density at radius 3 is 2.61 bits per heavy atom. The quantitative estimate of drug-likeness (QED) is 0.847. The molecule has 23 heavy (non-hydrogen) atoms. The maximum atomic E-state index is 12.7. The van der Waals surface area contributed by atoms with Crippen molar-refractivity contribution in [1.29, 1.82) is 0 Å². The SMILES string of the molecule is Cc1ccc2cc(C(=O)N3CCN(C4COC4)CC3)ccc2n1. The summed E-state index contributed by atoms with van der Waals surface area (Å²) in [5, 5.41) is 1.02. The number of rotatable bonds is 2. The van der Waals surface area contributed by atoms with Crippen LogP contribution in [0.15, 0.2) is 30.3 Å². The lowest BCUT2D eigenvalue weighted by Crippen LogP contribution is -2.57. The lowest BCUT2D eigenvalue weighted by atomic mass is 10.1. The van der Waals surface area contributed by atoms with Crippen LogP contribution in [0.25, 0.3) is 10.9 Å². The van der Waals surface area contributed by atoms with E-state index in [1.165, 1.54) is 0 Å². The molecular weight excluding hydrogens is 290 g/mol. The molecule has 0 saturated carbocycles. The Bertz CT molecular complexity index is 734. The zero-order chi connectivity index (χ0) is 15.8. The summed E-state index contributed by atoms with van der Waals surface area (Å²) in [6.07, 6.45) is 0. The van der Waals surface area contributed by atoms with Crippen molar-refractivity contribution in [3.05, 3.63) is 41.6 Å². The highest BCUT2D eigenvalue weighted by molar-refractivity contribution is 5.98. The number of carbonyl (C=O) groups excluding carboxylic acids is 1. The molecule has 0 unspecified atom stereocenters. The highest BCUT2D eigenvalue weighted by atomic mass is 16.5. The molecule has 2 saturated heterocycles. The minimum atomic E-state index is 0.122. The fourth-order valence-corrected chi connectivity index (χ4v) is 3.27. The van der Waals surface area contributed by atoms with E-state index in [-0.39, 0.29) is 5.91 Å². The number of piperazine rings is 1. The van der Waals surface area contributed by atoms with Crippen molar-refractivity contribution in [1.82, 2.24) is 14.8 Å². The van der Waals surface area contributed by atoms with Gasteiger partial charge in [0, 0.05) is 42.8 Å². The number of benzene rings is 1. The zero-order valence-electron chi connectivity index (χ0n) is 13.4. The van der Waals surface area contributed by atoms with Crippen LogP contribution in [0.2, 0.25) is 0 Å². The van der Waals surface area contributed by atoms with Gasteiger partial charge in [0.1, 0.15) is 0 Å². The van der Waals surface area contributed by atoms with E-state index in [0.29, 0.717) is 6.04 Å². The highest BCUT2D eigenvalue weighted by Crippen LogP contribution is 2.18. The molecule has 0 N–H and O–H groups in total. The first-order valence-electron chi connectivity index (χ1n) is 8.19. The number of hydrogen-bond acceptors (Lipinski definition) is 4. The first-order chi connectivity index (χ1) is 11.2. The van der Waals surface area contributed by atoms with Crippen LogP contribution < -0.4 is 0 Å². The van der Waals surface area contributed by atoms with Crippen molar-refractivity contribution in [3.8, 4) is 0 Å². The molecule has 1 aromatic carbocycles. The molecule has 0 bridgehead atoms. The van der Waals surface area contributed by atoms with Crippen molar-refractivity contribution in [2.75, 3.05) is 39.4 Å². The van der Waals surface area contributed by atoms with Gasteiger partial charge in [-0.15, -0.1) is 0 Å². The first-order valence-corrected chi connectivity index (χ1v) is 8.19. The summed E-state index contributed by atoms with van der Waals surface area (Å²) in [7, 11) is 0. The number of amides is 1. The molecule has 0 aliphatic carbocycles.